The number of carboxylic acids is 1. The number of carboxylic acid groups (broad SMARTS) is 1. The van der Waals surface area contributed by atoms with Crippen LogP contribution in [0.4, 0.5) is 13.2 Å². The molecule has 32 heavy (non-hydrogen) atoms. The third-order valence-electron chi connectivity index (χ3n) is 4.46. The number of hydrogen-bond donors (Lipinski definition) is 3. The van der Waals surface area contributed by atoms with Crippen LogP contribution in [0.25, 0.3) is 5.82 Å². The highest BCUT2D eigenvalue weighted by Gasteiger charge is 2.31. The Morgan fingerprint density at radius 3 is 2.28 bits per heavy atom. The van der Waals surface area contributed by atoms with Gasteiger partial charge in [0.05, 0.1) is 22.4 Å². The van der Waals surface area contributed by atoms with E-state index < -0.39 is 29.2 Å². The van der Waals surface area contributed by atoms with Gasteiger partial charge in [-0.15, -0.1) is 0 Å². The first-order valence-electron chi connectivity index (χ1n) is 9.02. The molecule has 0 aliphatic carbocycles. The third-order valence-corrected chi connectivity index (χ3v) is 4.46. The zero-order chi connectivity index (χ0) is 23.6. The van der Waals surface area contributed by atoms with E-state index in [1.165, 1.54) is 31.2 Å². The van der Waals surface area contributed by atoms with E-state index in [1.807, 2.05) is 0 Å². The van der Waals surface area contributed by atoms with E-state index in [4.69, 9.17) is 5.11 Å². The number of H-pyrrole nitrogens is 1. The van der Waals surface area contributed by atoms with Gasteiger partial charge in [-0.1, -0.05) is 0 Å². The number of carbonyl (C=O) groups excluding carboxylic acids is 1. The molecule has 0 unspecified atom stereocenters. The smallest absolute Gasteiger partial charge is 0.417 e. The summed E-state index contributed by atoms with van der Waals surface area (Å²) in [4.78, 5) is 39.5. The highest BCUT2D eigenvalue weighted by atomic mass is 19.4. The van der Waals surface area contributed by atoms with Crippen LogP contribution in [-0.2, 0) is 6.18 Å². The number of nitrogens with zero attached hydrogens (tertiary/aromatic N) is 3. The fourth-order valence-corrected chi connectivity index (χ4v) is 2.84. The van der Waals surface area contributed by atoms with Gasteiger partial charge in [0.2, 0.25) is 0 Å². The molecule has 0 fully saturated rings. The van der Waals surface area contributed by atoms with Crippen molar-refractivity contribution in [2.24, 2.45) is 5.10 Å². The maximum atomic E-state index is 12.7. The predicted octanol–water partition coefficient (Wildman–Crippen LogP) is 2.74. The van der Waals surface area contributed by atoms with Crippen LogP contribution in [-0.4, -0.2) is 37.5 Å². The van der Waals surface area contributed by atoms with E-state index in [-0.39, 0.29) is 28.2 Å². The molecule has 0 aliphatic rings. The van der Waals surface area contributed by atoms with Crippen LogP contribution in [0.1, 0.15) is 44.5 Å². The van der Waals surface area contributed by atoms with Gasteiger partial charge < -0.3 is 5.11 Å². The molecule has 1 amide bonds. The van der Waals surface area contributed by atoms with Crippen molar-refractivity contribution in [3.8, 4) is 5.82 Å². The lowest BCUT2D eigenvalue weighted by atomic mass is 10.1. The van der Waals surface area contributed by atoms with Crippen molar-refractivity contribution in [3.63, 3.8) is 0 Å². The van der Waals surface area contributed by atoms with Crippen LogP contribution >= 0.6 is 0 Å². The maximum Gasteiger partial charge on any atom is 0.417 e. The number of hydrogen-bond acceptors (Lipinski definition) is 5. The lowest BCUT2D eigenvalue weighted by Gasteiger charge is -2.06. The standard InChI is InChI=1S/C20H16F3N5O4/c1-10(25-26-17(29)12-3-5-13(6-4-12)19(31)32)16-11(2)27-28(18(16)30)15-8-7-14(9-24-15)20(21,22)23/h3-9,27H,1-2H3,(H,26,29)(H,31,32)/b25-10-. The number of halogens is 3. The Balaban J connectivity index is 1.83. The van der Waals surface area contributed by atoms with E-state index in [0.29, 0.717) is 11.9 Å². The number of alkyl halides is 3. The minimum atomic E-state index is -4.55. The SMILES string of the molecule is C/C(=N/NC(=O)c1ccc(C(=O)O)cc1)c1c(C)[nH]n(-c2ccc(C(F)(F)F)cn2)c1=O. The zero-order valence-electron chi connectivity index (χ0n) is 16.7. The monoisotopic (exact) mass is 447 g/mol. The molecule has 166 valence electrons. The number of aromatic carboxylic acids is 1. The molecule has 12 heteroatoms. The molecule has 2 aromatic heterocycles. The second-order valence-corrected chi connectivity index (χ2v) is 6.68. The van der Waals surface area contributed by atoms with Crippen molar-refractivity contribution in [1.82, 2.24) is 20.2 Å². The molecule has 2 heterocycles. The number of carbonyl (C=O) groups is 2. The van der Waals surface area contributed by atoms with Crippen molar-refractivity contribution in [1.29, 1.82) is 0 Å². The van der Waals surface area contributed by atoms with E-state index in [2.05, 4.69) is 20.6 Å². The lowest BCUT2D eigenvalue weighted by molar-refractivity contribution is -0.137. The van der Waals surface area contributed by atoms with Crippen molar-refractivity contribution >= 4 is 17.6 Å². The van der Waals surface area contributed by atoms with Gasteiger partial charge >= 0.3 is 12.1 Å². The van der Waals surface area contributed by atoms with Gasteiger partial charge in [0.1, 0.15) is 0 Å². The van der Waals surface area contributed by atoms with Gasteiger partial charge in [-0.05, 0) is 50.2 Å². The zero-order valence-corrected chi connectivity index (χ0v) is 16.7. The molecule has 0 aliphatic heterocycles. The minimum absolute atomic E-state index is 0.0154. The second-order valence-electron chi connectivity index (χ2n) is 6.68. The van der Waals surface area contributed by atoms with Crippen molar-refractivity contribution in [2.45, 2.75) is 20.0 Å². The Bertz CT molecular complexity index is 1260. The summed E-state index contributed by atoms with van der Waals surface area (Å²) in [6.45, 7) is 3.03. The highest BCUT2D eigenvalue weighted by Crippen LogP contribution is 2.28. The number of aromatic nitrogens is 3. The third kappa shape index (κ3) is 4.58. The van der Waals surface area contributed by atoms with E-state index >= 15 is 0 Å². The first-order valence-corrected chi connectivity index (χ1v) is 9.02. The van der Waals surface area contributed by atoms with E-state index in [1.54, 1.807) is 6.92 Å². The Morgan fingerprint density at radius 1 is 1.12 bits per heavy atom. The Hall–Kier alpha value is -4.22. The van der Waals surface area contributed by atoms with Crippen LogP contribution in [0.5, 0.6) is 0 Å². The number of nitrogens with one attached hydrogen (secondary N) is 2. The number of aryl methyl sites for hydroxylation is 1. The molecule has 3 rings (SSSR count). The topological polar surface area (TPSA) is 129 Å². The van der Waals surface area contributed by atoms with Crippen molar-refractivity contribution in [3.05, 3.63) is 80.9 Å². The number of hydrazone groups is 1. The summed E-state index contributed by atoms with van der Waals surface area (Å²) >= 11 is 0. The van der Waals surface area contributed by atoms with Gasteiger partial charge in [-0.25, -0.2) is 19.9 Å². The molecule has 0 atom stereocenters. The predicted molar refractivity (Wildman–Crippen MR) is 107 cm³/mol. The lowest BCUT2D eigenvalue weighted by Crippen LogP contribution is -2.24. The molecule has 0 saturated carbocycles. The minimum Gasteiger partial charge on any atom is -0.478 e. The normalized spacial score (nSPS) is 12.0. The van der Waals surface area contributed by atoms with Crippen LogP contribution in [0.3, 0.4) is 0 Å². The Kier molecular flexibility index (Phi) is 5.96. The number of aromatic amines is 1. The Labute approximate surface area is 178 Å². The number of amides is 1. The molecule has 0 radical (unpaired) electrons. The largest absolute Gasteiger partial charge is 0.478 e. The maximum absolute atomic E-state index is 12.7. The number of pyridine rings is 1. The first-order chi connectivity index (χ1) is 15.0. The molecule has 9 nitrogen and oxygen atoms in total. The summed E-state index contributed by atoms with van der Waals surface area (Å²) in [7, 11) is 0. The van der Waals surface area contributed by atoms with Gasteiger partial charge in [0.25, 0.3) is 11.5 Å². The van der Waals surface area contributed by atoms with E-state index in [9.17, 15) is 27.6 Å². The second kappa shape index (κ2) is 8.49. The average molecular weight is 447 g/mol. The van der Waals surface area contributed by atoms with Crippen LogP contribution in [0, 0.1) is 6.92 Å². The summed E-state index contributed by atoms with van der Waals surface area (Å²) in [5.74, 6) is -1.81. The van der Waals surface area contributed by atoms with Crippen molar-refractivity contribution in [2.75, 3.05) is 0 Å². The summed E-state index contributed by atoms with van der Waals surface area (Å²) in [6, 6.07) is 7.02. The first kappa shape index (κ1) is 22.5. The summed E-state index contributed by atoms with van der Waals surface area (Å²) in [5, 5.41) is 15.5. The molecule has 3 N–H and O–H groups in total. The average Bonchev–Trinajstić information content (AvgIpc) is 3.05. The number of benzene rings is 1. The van der Waals surface area contributed by atoms with Gasteiger partial charge in [0.15, 0.2) is 5.82 Å². The van der Waals surface area contributed by atoms with Crippen molar-refractivity contribution < 1.29 is 27.9 Å². The summed E-state index contributed by atoms with van der Waals surface area (Å²) in [6.07, 6.45) is -3.93. The molecule has 3 aromatic rings. The quantitative estimate of drug-likeness (QED) is 0.409. The van der Waals surface area contributed by atoms with Crippen LogP contribution in [0.15, 0.2) is 52.5 Å². The molecule has 0 saturated heterocycles. The summed E-state index contributed by atoms with van der Waals surface area (Å²) in [5.41, 5.74) is 1.49. The van der Waals surface area contributed by atoms with E-state index in [0.717, 1.165) is 16.8 Å². The van der Waals surface area contributed by atoms with Gasteiger partial charge in [-0.3, -0.25) is 14.7 Å². The summed E-state index contributed by atoms with van der Waals surface area (Å²) < 4.78 is 39.1. The molecule has 1 aromatic carbocycles. The number of rotatable bonds is 5. The highest BCUT2D eigenvalue weighted by molar-refractivity contribution is 6.01. The molecular weight excluding hydrogens is 431 g/mol. The molecule has 0 bridgehead atoms. The van der Waals surface area contributed by atoms with Crippen LogP contribution < -0.4 is 11.0 Å². The van der Waals surface area contributed by atoms with Gasteiger partial charge in [0, 0.05) is 17.5 Å². The van der Waals surface area contributed by atoms with Crippen LogP contribution in [0.2, 0.25) is 0 Å². The fraction of sp³-hybridized carbons (Fsp3) is 0.150. The van der Waals surface area contributed by atoms with Gasteiger partial charge in [-0.2, -0.15) is 18.3 Å². The molecular formula is C20H16F3N5O4. The molecule has 0 spiro atoms. The Morgan fingerprint density at radius 2 is 1.75 bits per heavy atom. The fourth-order valence-electron chi connectivity index (χ4n) is 2.84.